The van der Waals surface area contributed by atoms with E-state index in [1.165, 1.54) is 126 Å². The zero-order valence-electron chi connectivity index (χ0n) is 57.1. The number of anilines is 6. The Hall–Kier alpha value is -11.1. The highest BCUT2D eigenvalue weighted by Crippen LogP contribution is 2.47. The number of nitrogens with zero attached hydrogens (tertiary/aromatic N) is 2. The highest BCUT2D eigenvalue weighted by molar-refractivity contribution is 6.29. The Labute approximate surface area is 586 Å². The van der Waals surface area contributed by atoms with Gasteiger partial charge in [0.2, 0.25) is 0 Å². The largest absolute Gasteiger partial charge is 0.494 e. The first-order valence-electron chi connectivity index (χ1n) is 35.8. The monoisotopic (exact) mass is 1300 g/mol. The second-order valence-electron chi connectivity index (χ2n) is 27.9. The molecule has 0 amide bonds. The van der Waals surface area contributed by atoms with Gasteiger partial charge in [0, 0.05) is 46.1 Å². The van der Waals surface area contributed by atoms with Crippen molar-refractivity contribution in [2.45, 2.75) is 58.8 Å². The van der Waals surface area contributed by atoms with Gasteiger partial charge in [0.1, 0.15) is 5.75 Å². The summed E-state index contributed by atoms with van der Waals surface area (Å²) >= 11 is 0. The van der Waals surface area contributed by atoms with E-state index in [9.17, 15) is 0 Å². The summed E-state index contributed by atoms with van der Waals surface area (Å²) in [5.74, 6) is 1.36. The second-order valence-corrected chi connectivity index (χ2v) is 27.9. The number of hydrogen-bond donors (Lipinski definition) is 0. The minimum atomic E-state index is 0.205. The van der Waals surface area contributed by atoms with Crippen LogP contribution in [0.4, 0.5) is 34.1 Å². The average Bonchev–Trinajstić information content (AvgIpc) is 0.732. The second kappa shape index (κ2) is 27.0. The van der Waals surface area contributed by atoms with E-state index in [2.05, 4.69) is 334 Å². The minimum absolute atomic E-state index is 0.205. The van der Waals surface area contributed by atoms with Crippen LogP contribution in [0.5, 0.6) is 5.75 Å². The van der Waals surface area contributed by atoms with Crippen LogP contribution in [0.3, 0.4) is 0 Å². The SMILES string of the molecule is CCC(C)c1ccc(N(c2ccc(-c3ccc4ccc5c(-c6ccccc6)ccc6ccc3c4c65)cc2)c2ccc(-c3ccc4ccc5c(-c6ccc(N(c7ccc(OCCCCCCOCC8(C)COC8)cc7)c7ccc(-c8ccccc8)cc7)cc6)ccc6ccc3c4c65)cc2)cc1. The van der Waals surface area contributed by atoms with E-state index < -0.39 is 0 Å². The van der Waals surface area contributed by atoms with Crippen molar-refractivity contribution in [3.63, 3.8) is 0 Å². The Morgan fingerprint density at radius 1 is 0.340 bits per heavy atom. The fourth-order valence-corrected chi connectivity index (χ4v) is 15.5. The van der Waals surface area contributed by atoms with E-state index in [0.29, 0.717) is 12.5 Å². The summed E-state index contributed by atoms with van der Waals surface area (Å²) in [6.45, 7) is 10.7. The van der Waals surface area contributed by atoms with E-state index >= 15 is 0 Å². The van der Waals surface area contributed by atoms with Crippen molar-refractivity contribution in [1.82, 2.24) is 0 Å². The fraction of sp³-hybridized carbons (Fsp3) is 0.158. The van der Waals surface area contributed by atoms with Gasteiger partial charge in [-0.2, -0.15) is 0 Å². The van der Waals surface area contributed by atoms with E-state index in [1.807, 2.05) is 0 Å². The van der Waals surface area contributed by atoms with Gasteiger partial charge in [0.05, 0.1) is 26.4 Å². The van der Waals surface area contributed by atoms with E-state index in [4.69, 9.17) is 14.2 Å². The predicted molar refractivity (Wildman–Crippen MR) is 423 cm³/mol. The Balaban J connectivity index is 0.654. The third kappa shape index (κ3) is 11.9. The summed E-state index contributed by atoms with van der Waals surface area (Å²) in [5, 5.41) is 15.3. The molecule has 0 radical (unpaired) electrons. The molecule has 16 aromatic carbocycles. The molecule has 16 aromatic rings. The molecule has 0 aliphatic carbocycles. The fourth-order valence-electron chi connectivity index (χ4n) is 15.5. The van der Waals surface area contributed by atoms with Gasteiger partial charge in [0.15, 0.2) is 0 Å². The molecule has 1 aliphatic rings. The molecule has 0 aromatic heterocycles. The van der Waals surface area contributed by atoms with E-state index in [1.54, 1.807) is 0 Å². The smallest absolute Gasteiger partial charge is 0.119 e. The van der Waals surface area contributed by atoms with Crippen LogP contribution in [0.1, 0.15) is 64.4 Å². The van der Waals surface area contributed by atoms with Crippen molar-refractivity contribution in [3.8, 4) is 61.4 Å². The number of ether oxygens (including phenoxy) is 3. The Morgan fingerprint density at radius 3 is 1.03 bits per heavy atom. The van der Waals surface area contributed by atoms with Crippen LogP contribution in [0.15, 0.2) is 303 Å². The molecule has 1 saturated heterocycles. The average molecular weight is 1300 g/mol. The van der Waals surface area contributed by atoms with Gasteiger partial charge in [-0.3, -0.25) is 0 Å². The lowest BCUT2D eigenvalue weighted by Gasteiger charge is -2.37. The van der Waals surface area contributed by atoms with Crippen LogP contribution in [-0.2, 0) is 9.47 Å². The first-order valence-corrected chi connectivity index (χ1v) is 35.8. The molecule has 0 bridgehead atoms. The number of rotatable bonds is 23. The standard InChI is InChI=1S/C95H80N2O3/c1-4-64(2)65-19-37-76(38-20-65)96(78-41-23-69(24-42-78)84-52-30-73-33-55-87-83(68-17-11-8-12-18-68)51-29-72-34-56-88(84)92(73)91(72)87)79-43-25-70(26-44-79)85-53-31-74-36-58-90-86(54-32-75-35-57-89(85)93(74)94(75)90)71-27-45-80(46-28-71)97(77-39-21-67(22-40-77)66-15-9-7-10-16-66)81-47-49-82(50-48-81)100-60-14-6-5-13-59-98-61-95(3)62-99-63-95/h7-12,15-58,64H,4-6,13-14,59-63H2,1-3H3. The highest BCUT2D eigenvalue weighted by atomic mass is 16.5. The molecule has 1 heterocycles. The van der Waals surface area contributed by atoms with Crippen LogP contribution in [-0.4, -0.2) is 33.0 Å². The molecule has 0 N–H and O–H groups in total. The van der Waals surface area contributed by atoms with Gasteiger partial charge in [-0.1, -0.05) is 246 Å². The van der Waals surface area contributed by atoms with Gasteiger partial charge < -0.3 is 24.0 Å². The molecule has 1 fully saturated rings. The topological polar surface area (TPSA) is 34.2 Å². The van der Waals surface area contributed by atoms with Gasteiger partial charge in [-0.15, -0.1) is 0 Å². The third-order valence-electron chi connectivity index (χ3n) is 21.2. The molecule has 1 unspecified atom stereocenters. The van der Waals surface area contributed by atoms with Crippen molar-refractivity contribution in [3.05, 3.63) is 309 Å². The quantitative estimate of drug-likeness (QED) is 0.0471. The first-order chi connectivity index (χ1) is 49.3. The minimum Gasteiger partial charge on any atom is -0.494 e. The molecule has 1 atom stereocenters. The van der Waals surface area contributed by atoms with Crippen molar-refractivity contribution >= 4 is 98.8 Å². The molecule has 5 nitrogen and oxygen atoms in total. The van der Waals surface area contributed by atoms with Crippen LogP contribution >= 0.6 is 0 Å². The molecule has 5 heteroatoms. The van der Waals surface area contributed by atoms with Crippen molar-refractivity contribution < 1.29 is 14.2 Å². The van der Waals surface area contributed by atoms with Crippen molar-refractivity contribution in [2.24, 2.45) is 5.41 Å². The lowest BCUT2D eigenvalue weighted by Crippen LogP contribution is -2.43. The van der Waals surface area contributed by atoms with Crippen LogP contribution in [0.2, 0.25) is 0 Å². The maximum absolute atomic E-state index is 6.31. The summed E-state index contributed by atoms with van der Waals surface area (Å²) in [6.07, 6.45) is 5.44. The van der Waals surface area contributed by atoms with Crippen LogP contribution in [0.25, 0.3) is 120 Å². The van der Waals surface area contributed by atoms with Crippen LogP contribution < -0.4 is 14.5 Å². The number of benzene rings is 16. The molecule has 0 saturated carbocycles. The lowest BCUT2D eigenvalue weighted by molar-refractivity contribution is -0.137. The summed E-state index contributed by atoms with van der Waals surface area (Å²) in [4.78, 5) is 4.75. The summed E-state index contributed by atoms with van der Waals surface area (Å²) in [7, 11) is 0. The lowest BCUT2D eigenvalue weighted by atomic mass is 9.87. The summed E-state index contributed by atoms with van der Waals surface area (Å²) < 4.78 is 17.6. The summed E-state index contributed by atoms with van der Waals surface area (Å²) in [5.41, 5.74) is 20.2. The Kier molecular flexibility index (Phi) is 16.8. The van der Waals surface area contributed by atoms with E-state index in [0.717, 1.165) is 98.4 Å². The molecular formula is C95H80N2O3. The molecular weight excluding hydrogens is 1220 g/mol. The maximum Gasteiger partial charge on any atom is 0.119 e. The Bertz CT molecular complexity index is 5520. The summed E-state index contributed by atoms with van der Waals surface area (Å²) in [6, 6.07) is 113. The van der Waals surface area contributed by atoms with E-state index in [-0.39, 0.29) is 5.41 Å². The first kappa shape index (κ1) is 62.4. The molecule has 100 heavy (non-hydrogen) atoms. The molecule has 0 spiro atoms. The third-order valence-corrected chi connectivity index (χ3v) is 21.2. The zero-order valence-corrected chi connectivity index (χ0v) is 57.1. The Morgan fingerprint density at radius 2 is 0.660 bits per heavy atom. The zero-order chi connectivity index (χ0) is 67.1. The van der Waals surface area contributed by atoms with Gasteiger partial charge >= 0.3 is 0 Å². The van der Waals surface area contributed by atoms with Gasteiger partial charge in [-0.05, 0) is 242 Å². The maximum atomic E-state index is 6.31. The van der Waals surface area contributed by atoms with Crippen molar-refractivity contribution in [1.29, 1.82) is 0 Å². The highest BCUT2D eigenvalue weighted by Gasteiger charge is 2.33. The van der Waals surface area contributed by atoms with Gasteiger partial charge in [-0.25, -0.2) is 0 Å². The number of hydrogen-bond acceptors (Lipinski definition) is 5. The van der Waals surface area contributed by atoms with Gasteiger partial charge in [0.25, 0.3) is 0 Å². The molecule has 488 valence electrons. The molecule has 17 rings (SSSR count). The van der Waals surface area contributed by atoms with Crippen LogP contribution in [0, 0.1) is 5.41 Å². The normalized spacial score (nSPS) is 13.2. The molecule has 1 aliphatic heterocycles. The predicted octanol–water partition coefficient (Wildman–Crippen LogP) is 26.3. The van der Waals surface area contributed by atoms with Crippen molar-refractivity contribution in [2.75, 3.05) is 42.8 Å². The number of unbranched alkanes of at least 4 members (excludes halogenated alkanes) is 3.